The Bertz CT molecular complexity index is 851. The summed E-state index contributed by atoms with van der Waals surface area (Å²) in [6.07, 6.45) is 5.13. The van der Waals surface area contributed by atoms with Crippen molar-refractivity contribution in [3.8, 4) is 11.4 Å². The number of rotatable bonds is 3. The first-order chi connectivity index (χ1) is 10.8. The highest BCUT2D eigenvalue weighted by Gasteiger charge is 2.20. The molecule has 0 saturated carbocycles. The van der Waals surface area contributed by atoms with Crippen molar-refractivity contribution < 1.29 is 0 Å². The molecule has 0 atom stereocenters. The zero-order chi connectivity index (χ0) is 15.1. The maximum atomic E-state index is 4.82. The van der Waals surface area contributed by atoms with Gasteiger partial charge in [-0.1, -0.05) is 0 Å². The van der Waals surface area contributed by atoms with E-state index in [1.54, 1.807) is 0 Å². The van der Waals surface area contributed by atoms with Crippen molar-refractivity contribution in [2.45, 2.75) is 19.3 Å². The molecule has 6 heteroatoms. The van der Waals surface area contributed by atoms with Gasteiger partial charge < -0.3 is 15.6 Å². The van der Waals surface area contributed by atoms with E-state index in [0.717, 1.165) is 53.3 Å². The number of fused-ring (bicyclic) bond motifs is 2. The van der Waals surface area contributed by atoms with Crippen LogP contribution >= 0.6 is 0 Å². The van der Waals surface area contributed by atoms with Crippen LogP contribution in [0.25, 0.3) is 22.4 Å². The molecule has 112 valence electrons. The van der Waals surface area contributed by atoms with Gasteiger partial charge >= 0.3 is 0 Å². The van der Waals surface area contributed by atoms with Crippen molar-refractivity contribution in [3.05, 3.63) is 29.6 Å². The fraction of sp³-hybridized carbons (Fsp3) is 0.312. The summed E-state index contributed by atoms with van der Waals surface area (Å²) in [5.41, 5.74) is 4.28. The summed E-state index contributed by atoms with van der Waals surface area (Å²) in [7, 11) is 3.78. The minimum atomic E-state index is 0.758. The lowest BCUT2D eigenvalue weighted by atomic mass is 10.1. The maximum Gasteiger partial charge on any atom is 0.162 e. The average molecular weight is 294 g/mol. The summed E-state index contributed by atoms with van der Waals surface area (Å²) in [6.45, 7) is 0. The van der Waals surface area contributed by atoms with E-state index in [2.05, 4.69) is 20.6 Å². The first kappa shape index (κ1) is 13.1. The molecule has 0 amide bonds. The highest BCUT2D eigenvalue weighted by Crippen LogP contribution is 2.32. The predicted octanol–water partition coefficient (Wildman–Crippen LogP) is 2.59. The molecule has 0 spiro atoms. The Morgan fingerprint density at radius 3 is 2.82 bits per heavy atom. The van der Waals surface area contributed by atoms with Crippen LogP contribution < -0.4 is 10.6 Å². The van der Waals surface area contributed by atoms with Gasteiger partial charge in [-0.05, 0) is 31.4 Å². The third-order valence-electron chi connectivity index (χ3n) is 4.20. The van der Waals surface area contributed by atoms with Gasteiger partial charge in [-0.2, -0.15) is 0 Å². The van der Waals surface area contributed by atoms with Crippen LogP contribution in [-0.4, -0.2) is 34.0 Å². The highest BCUT2D eigenvalue weighted by atomic mass is 15.0. The van der Waals surface area contributed by atoms with E-state index in [9.17, 15) is 0 Å². The topological polar surface area (TPSA) is 78.5 Å². The maximum absolute atomic E-state index is 4.82. The van der Waals surface area contributed by atoms with Crippen molar-refractivity contribution in [2.75, 3.05) is 24.7 Å². The normalized spacial score (nSPS) is 13.4. The van der Waals surface area contributed by atoms with Crippen LogP contribution in [0, 0.1) is 0 Å². The summed E-state index contributed by atoms with van der Waals surface area (Å²) in [4.78, 5) is 17.2. The quantitative estimate of drug-likeness (QED) is 0.692. The lowest BCUT2D eigenvalue weighted by Gasteiger charge is -2.11. The Balaban J connectivity index is 1.97. The first-order valence-electron chi connectivity index (χ1n) is 7.54. The number of aryl methyl sites for hydroxylation is 1. The van der Waals surface area contributed by atoms with Crippen LogP contribution in [0.1, 0.15) is 17.7 Å². The lowest BCUT2D eigenvalue weighted by Crippen LogP contribution is -2.04. The van der Waals surface area contributed by atoms with Crippen molar-refractivity contribution in [2.24, 2.45) is 0 Å². The second kappa shape index (κ2) is 4.98. The Morgan fingerprint density at radius 1 is 1.09 bits per heavy atom. The fourth-order valence-electron chi connectivity index (χ4n) is 3.11. The minimum absolute atomic E-state index is 0.758. The van der Waals surface area contributed by atoms with E-state index in [-0.39, 0.29) is 0 Å². The molecule has 1 aliphatic rings. The summed E-state index contributed by atoms with van der Waals surface area (Å²) in [6, 6.07) is 4.03. The molecule has 1 aliphatic carbocycles. The van der Waals surface area contributed by atoms with Crippen molar-refractivity contribution in [3.63, 3.8) is 0 Å². The largest absolute Gasteiger partial charge is 0.373 e. The molecule has 0 bridgehead atoms. The Morgan fingerprint density at radius 2 is 2.00 bits per heavy atom. The van der Waals surface area contributed by atoms with Gasteiger partial charge in [0, 0.05) is 42.5 Å². The van der Waals surface area contributed by atoms with Crippen LogP contribution in [0.3, 0.4) is 0 Å². The molecule has 6 nitrogen and oxygen atoms in total. The van der Waals surface area contributed by atoms with Crippen LogP contribution in [0.4, 0.5) is 11.6 Å². The second-order valence-electron chi connectivity index (χ2n) is 5.47. The van der Waals surface area contributed by atoms with E-state index < -0.39 is 0 Å². The number of anilines is 2. The molecule has 0 fully saturated rings. The van der Waals surface area contributed by atoms with Gasteiger partial charge in [0.25, 0.3) is 0 Å². The van der Waals surface area contributed by atoms with Crippen LogP contribution in [0.5, 0.6) is 0 Å². The Labute approximate surface area is 128 Å². The number of aromatic amines is 1. The lowest BCUT2D eigenvalue weighted by molar-refractivity contribution is 0.900. The second-order valence-corrected chi connectivity index (χ2v) is 5.47. The molecule has 3 N–H and O–H groups in total. The van der Waals surface area contributed by atoms with Gasteiger partial charge in [-0.3, -0.25) is 0 Å². The van der Waals surface area contributed by atoms with Crippen molar-refractivity contribution in [1.29, 1.82) is 0 Å². The summed E-state index contributed by atoms with van der Waals surface area (Å²) in [5, 5.41) is 7.36. The molecule has 22 heavy (non-hydrogen) atoms. The Kier molecular flexibility index (Phi) is 2.96. The molecule has 4 rings (SSSR count). The van der Waals surface area contributed by atoms with E-state index in [0.29, 0.717) is 0 Å². The van der Waals surface area contributed by atoms with E-state index in [1.165, 1.54) is 11.3 Å². The van der Waals surface area contributed by atoms with Gasteiger partial charge in [-0.25, -0.2) is 15.0 Å². The molecule has 3 heterocycles. The van der Waals surface area contributed by atoms with Gasteiger partial charge in [0.2, 0.25) is 0 Å². The standard InChI is InChI=1S/C16H18N6/c1-17-13-8-11(9-6-7-19-15(9)21-13)16-20-12-5-3-4-10(12)14(18-2)22-16/h6-8H,3-5H2,1-2H3,(H2,17,19,21)(H,18,20,22). The van der Waals surface area contributed by atoms with E-state index in [1.807, 2.05) is 32.4 Å². The van der Waals surface area contributed by atoms with Crippen molar-refractivity contribution >= 4 is 22.7 Å². The zero-order valence-electron chi connectivity index (χ0n) is 12.7. The summed E-state index contributed by atoms with van der Waals surface area (Å²) < 4.78 is 0. The SMILES string of the molecule is CNc1cc(-c2nc3c(c(NC)n2)CCC3)c2cc[nH]c2n1. The molecule has 0 saturated heterocycles. The third kappa shape index (κ3) is 1.91. The highest BCUT2D eigenvalue weighted by molar-refractivity contribution is 5.93. The fourth-order valence-corrected chi connectivity index (χ4v) is 3.11. The molecular formula is C16H18N6. The Hall–Kier alpha value is -2.63. The molecule has 3 aromatic heterocycles. The summed E-state index contributed by atoms with van der Waals surface area (Å²) in [5.74, 6) is 2.51. The van der Waals surface area contributed by atoms with Gasteiger partial charge in [0.05, 0.1) is 0 Å². The molecule has 0 radical (unpaired) electrons. The molecule has 0 aliphatic heterocycles. The number of nitrogens with one attached hydrogen (secondary N) is 3. The zero-order valence-corrected chi connectivity index (χ0v) is 12.7. The smallest absolute Gasteiger partial charge is 0.162 e. The number of aromatic nitrogens is 4. The van der Waals surface area contributed by atoms with Gasteiger partial charge in [-0.15, -0.1) is 0 Å². The van der Waals surface area contributed by atoms with Crippen LogP contribution in [0.2, 0.25) is 0 Å². The van der Waals surface area contributed by atoms with E-state index in [4.69, 9.17) is 9.97 Å². The number of H-pyrrole nitrogens is 1. The van der Waals surface area contributed by atoms with E-state index >= 15 is 0 Å². The minimum Gasteiger partial charge on any atom is -0.373 e. The number of nitrogens with zero attached hydrogens (tertiary/aromatic N) is 3. The van der Waals surface area contributed by atoms with Crippen molar-refractivity contribution in [1.82, 2.24) is 19.9 Å². The van der Waals surface area contributed by atoms with Gasteiger partial charge in [0.15, 0.2) is 5.82 Å². The number of hydrogen-bond acceptors (Lipinski definition) is 5. The molecular weight excluding hydrogens is 276 g/mol. The first-order valence-corrected chi connectivity index (χ1v) is 7.54. The third-order valence-corrected chi connectivity index (χ3v) is 4.20. The number of pyridine rings is 1. The van der Waals surface area contributed by atoms with Crippen LogP contribution in [0.15, 0.2) is 18.3 Å². The predicted molar refractivity (Wildman–Crippen MR) is 88.2 cm³/mol. The molecule has 0 unspecified atom stereocenters. The average Bonchev–Trinajstić information content (AvgIpc) is 3.21. The summed E-state index contributed by atoms with van der Waals surface area (Å²) >= 11 is 0. The number of hydrogen-bond donors (Lipinski definition) is 3. The van der Waals surface area contributed by atoms with Crippen LogP contribution in [-0.2, 0) is 12.8 Å². The molecule has 0 aromatic carbocycles. The van der Waals surface area contributed by atoms with Gasteiger partial charge in [0.1, 0.15) is 17.3 Å². The monoisotopic (exact) mass is 294 g/mol. The molecule has 3 aromatic rings.